The fourth-order valence-corrected chi connectivity index (χ4v) is 2.64. The van der Waals surface area contributed by atoms with Gasteiger partial charge in [0.2, 0.25) is 0 Å². The first-order chi connectivity index (χ1) is 11.0. The lowest BCUT2D eigenvalue weighted by atomic mass is 10.2. The van der Waals surface area contributed by atoms with Crippen LogP contribution in [0.4, 0.5) is 11.4 Å². The first-order valence-corrected chi connectivity index (χ1v) is 7.82. The molecule has 1 aromatic heterocycles. The third-order valence-corrected chi connectivity index (χ3v) is 4.37. The van der Waals surface area contributed by atoms with Crippen LogP contribution in [0, 0.1) is 13.8 Å². The maximum absolute atomic E-state index is 12.2. The topological polar surface area (TPSA) is 61.6 Å². The van der Waals surface area contributed by atoms with E-state index in [-0.39, 0.29) is 5.91 Å². The maximum Gasteiger partial charge on any atom is 0.278 e. The summed E-state index contributed by atoms with van der Waals surface area (Å²) >= 11 is 0. The number of hydrogen-bond acceptors (Lipinski definition) is 5. The molecule has 1 aromatic carbocycles. The molecule has 0 spiro atoms. The van der Waals surface area contributed by atoms with Gasteiger partial charge >= 0.3 is 0 Å². The van der Waals surface area contributed by atoms with Gasteiger partial charge in [-0.2, -0.15) is 0 Å². The highest BCUT2D eigenvalue weighted by atomic mass is 16.5. The van der Waals surface area contributed by atoms with Crippen LogP contribution in [0.2, 0.25) is 0 Å². The minimum atomic E-state index is -0.244. The van der Waals surface area contributed by atoms with E-state index in [1.807, 2.05) is 31.2 Å². The molecular weight excluding hydrogens is 292 g/mol. The molecule has 1 amide bonds. The smallest absolute Gasteiger partial charge is 0.278 e. The third kappa shape index (κ3) is 3.37. The Morgan fingerprint density at radius 2 is 1.78 bits per heavy atom. The molecule has 3 rings (SSSR count). The van der Waals surface area contributed by atoms with Gasteiger partial charge in [0.15, 0.2) is 5.69 Å². The number of aromatic nitrogens is 1. The first-order valence-electron chi connectivity index (χ1n) is 7.82. The molecule has 1 aliphatic heterocycles. The molecule has 0 radical (unpaired) electrons. The molecule has 0 bridgehead atoms. The van der Waals surface area contributed by atoms with E-state index >= 15 is 0 Å². The standard InChI is InChI=1S/C17H22N4O2/c1-12-13(2)23-19-16(12)17(22)18-14-4-6-15(7-5-14)21-10-8-20(3)9-11-21/h4-7H,8-11H2,1-3H3,(H,18,22). The van der Waals surface area contributed by atoms with Gasteiger partial charge in [0.05, 0.1) is 0 Å². The Kier molecular flexibility index (Phi) is 4.34. The Morgan fingerprint density at radius 1 is 1.13 bits per heavy atom. The highest BCUT2D eigenvalue weighted by molar-refractivity contribution is 6.03. The Hall–Kier alpha value is -2.34. The van der Waals surface area contributed by atoms with Gasteiger partial charge in [-0.15, -0.1) is 0 Å². The van der Waals surface area contributed by atoms with Gasteiger partial charge in [0, 0.05) is 43.1 Å². The number of nitrogens with one attached hydrogen (secondary N) is 1. The molecule has 2 heterocycles. The lowest BCUT2D eigenvalue weighted by molar-refractivity contribution is 0.101. The van der Waals surface area contributed by atoms with E-state index in [1.165, 1.54) is 5.69 Å². The zero-order chi connectivity index (χ0) is 16.4. The first kappa shape index (κ1) is 15.6. The quantitative estimate of drug-likeness (QED) is 0.942. The van der Waals surface area contributed by atoms with Crippen LogP contribution in [0.25, 0.3) is 0 Å². The minimum absolute atomic E-state index is 0.244. The molecule has 0 saturated carbocycles. The van der Waals surface area contributed by atoms with Gasteiger partial charge in [-0.25, -0.2) is 0 Å². The van der Waals surface area contributed by atoms with Gasteiger partial charge in [0.1, 0.15) is 5.76 Å². The van der Waals surface area contributed by atoms with Crippen LogP contribution in [0.5, 0.6) is 0 Å². The lowest BCUT2D eigenvalue weighted by Gasteiger charge is -2.34. The van der Waals surface area contributed by atoms with Crippen molar-refractivity contribution in [1.29, 1.82) is 0 Å². The fourth-order valence-electron chi connectivity index (χ4n) is 2.64. The molecule has 1 aliphatic rings. The summed E-state index contributed by atoms with van der Waals surface area (Å²) in [4.78, 5) is 16.9. The van der Waals surface area contributed by atoms with Gasteiger partial charge in [-0.05, 0) is 45.2 Å². The van der Waals surface area contributed by atoms with Crippen molar-refractivity contribution in [2.75, 3.05) is 43.4 Å². The number of anilines is 2. The van der Waals surface area contributed by atoms with Crippen LogP contribution < -0.4 is 10.2 Å². The zero-order valence-corrected chi connectivity index (χ0v) is 13.8. The van der Waals surface area contributed by atoms with Crippen molar-refractivity contribution in [1.82, 2.24) is 10.1 Å². The zero-order valence-electron chi connectivity index (χ0n) is 13.8. The van der Waals surface area contributed by atoms with Gasteiger partial charge in [-0.1, -0.05) is 5.16 Å². The molecule has 122 valence electrons. The Bertz CT molecular complexity index is 685. The number of aryl methyl sites for hydroxylation is 1. The maximum atomic E-state index is 12.2. The summed E-state index contributed by atoms with van der Waals surface area (Å²) in [6.45, 7) is 7.83. The second-order valence-electron chi connectivity index (χ2n) is 6.00. The van der Waals surface area contributed by atoms with Gasteiger partial charge in [-0.3, -0.25) is 4.79 Å². The van der Waals surface area contributed by atoms with Crippen molar-refractivity contribution in [2.24, 2.45) is 0 Å². The van der Waals surface area contributed by atoms with Gasteiger partial charge < -0.3 is 19.6 Å². The molecule has 0 unspecified atom stereocenters. The number of carbonyl (C=O) groups excluding carboxylic acids is 1. The summed E-state index contributed by atoms with van der Waals surface area (Å²) in [5.41, 5.74) is 3.06. The molecular formula is C17H22N4O2. The van der Waals surface area contributed by atoms with E-state index in [4.69, 9.17) is 4.52 Å². The molecule has 6 nitrogen and oxygen atoms in total. The predicted octanol–water partition coefficient (Wildman–Crippen LogP) is 2.30. The summed E-state index contributed by atoms with van der Waals surface area (Å²) in [7, 11) is 2.14. The van der Waals surface area contributed by atoms with Crippen molar-refractivity contribution in [3.05, 3.63) is 41.3 Å². The summed E-state index contributed by atoms with van der Waals surface area (Å²) in [5, 5.41) is 6.67. The highest BCUT2D eigenvalue weighted by Crippen LogP contribution is 2.20. The summed E-state index contributed by atoms with van der Waals surface area (Å²) < 4.78 is 5.04. The number of likely N-dealkylation sites (N-methyl/N-ethyl adjacent to an activating group) is 1. The van der Waals surface area contributed by atoms with E-state index < -0.39 is 0 Å². The van der Waals surface area contributed by atoms with Crippen LogP contribution in [-0.2, 0) is 0 Å². The molecule has 1 N–H and O–H groups in total. The number of carbonyl (C=O) groups is 1. The summed E-state index contributed by atoms with van der Waals surface area (Å²) in [6.07, 6.45) is 0. The second-order valence-corrected chi connectivity index (χ2v) is 6.00. The Labute approximate surface area is 136 Å². The van der Waals surface area contributed by atoms with Crippen LogP contribution >= 0.6 is 0 Å². The largest absolute Gasteiger partial charge is 0.369 e. The number of amides is 1. The van der Waals surface area contributed by atoms with Crippen LogP contribution in [0.15, 0.2) is 28.8 Å². The molecule has 1 saturated heterocycles. The van der Waals surface area contributed by atoms with E-state index in [9.17, 15) is 4.79 Å². The van der Waals surface area contributed by atoms with Crippen molar-refractivity contribution < 1.29 is 9.32 Å². The number of nitrogens with zero attached hydrogens (tertiary/aromatic N) is 3. The summed E-state index contributed by atoms with van der Waals surface area (Å²) in [5.74, 6) is 0.423. The van der Waals surface area contributed by atoms with E-state index in [0.29, 0.717) is 11.5 Å². The van der Waals surface area contributed by atoms with Gasteiger partial charge in [0.25, 0.3) is 5.91 Å². The molecule has 0 aliphatic carbocycles. The molecule has 2 aromatic rings. The lowest BCUT2D eigenvalue weighted by Crippen LogP contribution is -2.44. The molecule has 0 atom stereocenters. The number of benzene rings is 1. The molecule has 23 heavy (non-hydrogen) atoms. The Balaban J connectivity index is 1.65. The molecule has 6 heteroatoms. The highest BCUT2D eigenvalue weighted by Gasteiger charge is 2.17. The average Bonchev–Trinajstić information content (AvgIpc) is 2.89. The average molecular weight is 314 g/mol. The normalized spacial score (nSPS) is 15.7. The SMILES string of the molecule is Cc1onc(C(=O)Nc2ccc(N3CCN(C)CC3)cc2)c1C. The van der Waals surface area contributed by atoms with Crippen molar-refractivity contribution in [3.8, 4) is 0 Å². The van der Waals surface area contributed by atoms with Crippen molar-refractivity contribution >= 4 is 17.3 Å². The van der Waals surface area contributed by atoms with Crippen molar-refractivity contribution in [2.45, 2.75) is 13.8 Å². The second kappa shape index (κ2) is 6.42. The number of rotatable bonds is 3. The third-order valence-electron chi connectivity index (χ3n) is 4.37. The van der Waals surface area contributed by atoms with Crippen LogP contribution in [-0.4, -0.2) is 49.2 Å². The van der Waals surface area contributed by atoms with Crippen molar-refractivity contribution in [3.63, 3.8) is 0 Å². The monoisotopic (exact) mass is 314 g/mol. The fraction of sp³-hybridized carbons (Fsp3) is 0.412. The minimum Gasteiger partial charge on any atom is -0.369 e. The number of hydrogen-bond donors (Lipinski definition) is 1. The van der Waals surface area contributed by atoms with Crippen LogP contribution in [0.1, 0.15) is 21.8 Å². The molecule has 1 fully saturated rings. The Morgan fingerprint density at radius 3 is 2.35 bits per heavy atom. The predicted molar refractivity (Wildman–Crippen MR) is 90.1 cm³/mol. The van der Waals surface area contributed by atoms with Crippen LogP contribution in [0.3, 0.4) is 0 Å². The van der Waals surface area contributed by atoms with E-state index in [2.05, 4.69) is 27.3 Å². The van der Waals surface area contributed by atoms with E-state index in [1.54, 1.807) is 6.92 Å². The number of piperazine rings is 1. The van der Waals surface area contributed by atoms with E-state index in [0.717, 1.165) is 37.4 Å². The summed E-state index contributed by atoms with van der Waals surface area (Å²) in [6, 6.07) is 7.94.